The highest BCUT2D eigenvalue weighted by Gasteiger charge is 2.14. The summed E-state index contributed by atoms with van der Waals surface area (Å²) >= 11 is 0. The van der Waals surface area contributed by atoms with Crippen molar-refractivity contribution in [3.63, 3.8) is 0 Å². The number of rotatable bonds is 5. The first-order chi connectivity index (χ1) is 11.6. The molecule has 1 amide bonds. The summed E-state index contributed by atoms with van der Waals surface area (Å²) in [4.78, 5) is 11.7. The van der Waals surface area contributed by atoms with Gasteiger partial charge in [0.1, 0.15) is 11.6 Å². The fraction of sp³-hybridized carbons (Fsp3) is 0.176. The number of fused-ring (bicyclic) bond motifs is 1. The number of halogens is 1. The molecule has 0 fully saturated rings. The molecule has 1 N–H and O–H groups in total. The second-order valence-electron chi connectivity index (χ2n) is 5.04. The molecule has 0 saturated carbocycles. The van der Waals surface area contributed by atoms with E-state index in [1.165, 1.54) is 24.3 Å². The topological polar surface area (TPSA) is 69.2 Å². The van der Waals surface area contributed by atoms with Gasteiger partial charge in [0.15, 0.2) is 18.1 Å². The third kappa shape index (κ3) is 3.81. The van der Waals surface area contributed by atoms with E-state index in [9.17, 15) is 9.18 Å². The third-order valence-electron chi connectivity index (χ3n) is 3.32. The molecule has 0 saturated heterocycles. The molecule has 0 radical (unpaired) electrons. The lowest BCUT2D eigenvalue weighted by Crippen LogP contribution is -2.25. The molecule has 1 aliphatic rings. The molecule has 0 aliphatic carbocycles. The van der Waals surface area contributed by atoms with Crippen molar-refractivity contribution in [1.29, 1.82) is 0 Å². The maximum Gasteiger partial charge on any atom is 0.277 e. The Labute approximate surface area is 137 Å². The first-order valence-corrected chi connectivity index (χ1v) is 7.23. The smallest absolute Gasteiger partial charge is 0.277 e. The van der Waals surface area contributed by atoms with Crippen molar-refractivity contribution in [2.24, 2.45) is 5.10 Å². The Morgan fingerprint density at radius 2 is 1.96 bits per heavy atom. The van der Waals surface area contributed by atoms with Crippen LogP contribution in [0.4, 0.5) is 4.39 Å². The van der Waals surface area contributed by atoms with E-state index in [0.717, 1.165) is 5.56 Å². The van der Waals surface area contributed by atoms with Crippen LogP contribution in [0.3, 0.4) is 0 Å². The van der Waals surface area contributed by atoms with Crippen molar-refractivity contribution in [2.75, 3.05) is 13.4 Å². The Morgan fingerprint density at radius 3 is 2.75 bits per heavy atom. The van der Waals surface area contributed by atoms with Gasteiger partial charge in [-0.15, -0.1) is 0 Å². The van der Waals surface area contributed by atoms with Crippen LogP contribution in [0.25, 0.3) is 0 Å². The zero-order valence-corrected chi connectivity index (χ0v) is 12.9. The van der Waals surface area contributed by atoms with E-state index in [4.69, 9.17) is 14.2 Å². The van der Waals surface area contributed by atoms with Gasteiger partial charge in [-0.05, 0) is 49.4 Å². The van der Waals surface area contributed by atoms with Crippen molar-refractivity contribution < 1.29 is 23.4 Å². The van der Waals surface area contributed by atoms with Crippen molar-refractivity contribution in [3.8, 4) is 17.2 Å². The van der Waals surface area contributed by atoms with E-state index in [-0.39, 0.29) is 19.2 Å². The number of benzene rings is 2. The van der Waals surface area contributed by atoms with Gasteiger partial charge in [-0.3, -0.25) is 4.79 Å². The summed E-state index contributed by atoms with van der Waals surface area (Å²) in [6.07, 6.45) is 0. The van der Waals surface area contributed by atoms with Gasteiger partial charge in [-0.1, -0.05) is 0 Å². The average Bonchev–Trinajstić information content (AvgIpc) is 3.06. The van der Waals surface area contributed by atoms with Crippen molar-refractivity contribution in [1.82, 2.24) is 5.43 Å². The van der Waals surface area contributed by atoms with Gasteiger partial charge in [0.2, 0.25) is 6.79 Å². The number of hydrazone groups is 1. The van der Waals surface area contributed by atoms with Crippen LogP contribution in [-0.2, 0) is 4.79 Å². The fourth-order valence-corrected chi connectivity index (χ4v) is 2.04. The largest absolute Gasteiger partial charge is 0.484 e. The SMILES string of the molecule is C/C(=N\NC(=O)COc1ccc(F)cc1)c1ccc2c(c1)OCO2. The van der Waals surface area contributed by atoms with Gasteiger partial charge >= 0.3 is 0 Å². The minimum atomic E-state index is -0.417. The van der Waals surface area contributed by atoms with Crippen LogP contribution in [0, 0.1) is 5.82 Å². The van der Waals surface area contributed by atoms with Gasteiger partial charge in [0, 0.05) is 5.56 Å². The first-order valence-electron chi connectivity index (χ1n) is 7.23. The highest BCUT2D eigenvalue weighted by Crippen LogP contribution is 2.32. The summed E-state index contributed by atoms with van der Waals surface area (Å²) in [5.74, 6) is 0.953. The lowest BCUT2D eigenvalue weighted by molar-refractivity contribution is -0.123. The Morgan fingerprint density at radius 1 is 1.21 bits per heavy atom. The molecule has 3 rings (SSSR count). The lowest BCUT2D eigenvalue weighted by Gasteiger charge is -2.06. The highest BCUT2D eigenvalue weighted by atomic mass is 19.1. The predicted octanol–water partition coefficient (Wildman–Crippen LogP) is 2.47. The van der Waals surface area contributed by atoms with Crippen LogP contribution in [-0.4, -0.2) is 25.0 Å². The molecular weight excluding hydrogens is 315 g/mol. The Bertz CT molecular complexity index is 775. The zero-order valence-electron chi connectivity index (χ0n) is 12.9. The maximum atomic E-state index is 12.8. The van der Waals surface area contributed by atoms with Crippen LogP contribution in [0.2, 0.25) is 0 Å². The number of nitrogens with zero attached hydrogens (tertiary/aromatic N) is 1. The fourth-order valence-electron chi connectivity index (χ4n) is 2.04. The lowest BCUT2D eigenvalue weighted by atomic mass is 10.1. The predicted molar refractivity (Wildman–Crippen MR) is 84.8 cm³/mol. The molecule has 2 aromatic carbocycles. The van der Waals surface area contributed by atoms with E-state index >= 15 is 0 Å². The second-order valence-corrected chi connectivity index (χ2v) is 5.04. The van der Waals surface area contributed by atoms with Gasteiger partial charge in [0.25, 0.3) is 5.91 Å². The number of ether oxygens (including phenoxy) is 3. The quantitative estimate of drug-likeness (QED) is 0.675. The molecule has 6 nitrogen and oxygen atoms in total. The summed E-state index contributed by atoms with van der Waals surface area (Å²) in [7, 11) is 0. The molecule has 0 aromatic heterocycles. The van der Waals surface area contributed by atoms with E-state index in [2.05, 4.69) is 10.5 Å². The summed E-state index contributed by atoms with van der Waals surface area (Å²) in [5, 5.41) is 4.03. The Balaban J connectivity index is 1.54. The number of amides is 1. The Hall–Kier alpha value is -3.09. The van der Waals surface area contributed by atoms with E-state index < -0.39 is 5.91 Å². The number of carbonyl (C=O) groups is 1. The van der Waals surface area contributed by atoms with Crippen LogP contribution < -0.4 is 19.6 Å². The standard InChI is InChI=1S/C17H15FN2O4/c1-11(12-2-7-15-16(8-12)24-10-23-15)19-20-17(21)9-22-14-5-3-13(18)4-6-14/h2-8H,9-10H2,1H3,(H,20,21)/b19-11+. The van der Waals surface area contributed by atoms with E-state index in [1.807, 2.05) is 6.07 Å². The Kier molecular flexibility index (Phi) is 4.60. The maximum absolute atomic E-state index is 12.8. The van der Waals surface area contributed by atoms with Gasteiger partial charge in [0.05, 0.1) is 5.71 Å². The first kappa shape index (κ1) is 15.8. The zero-order chi connectivity index (χ0) is 16.9. The summed E-state index contributed by atoms with van der Waals surface area (Å²) in [6.45, 7) is 1.74. The second kappa shape index (κ2) is 6.99. The minimum Gasteiger partial charge on any atom is -0.484 e. The number of carbonyl (C=O) groups excluding carboxylic acids is 1. The molecule has 0 spiro atoms. The molecule has 2 aromatic rings. The van der Waals surface area contributed by atoms with Crippen LogP contribution in [0.1, 0.15) is 12.5 Å². The summed E-state index contributed by atoms with van der Waals surface area (Å²) < 4.78 is 28.5. The normalized spacial score (nSPS) is 12.8. The van der Waals surface area contributed by atoms with Gasteiger partial charge in [-0.25, -0.2) is 9.82 Å². The molecule has 124 valence electrons. The molecule has 24 heavy (non-hydrogen) atoms. The van der Waals surface area contributed by atoms with Gasteiger partial charge < -0.3 is 14.2 Å². The number of hydrogen-bond donors (Lipinski definition) is 1. The molecule has 0 unspecified atom stereocenters. The van der Waals surface area contributed by atoms with Crippen molar-refractivity contribution in [3.05, 3.63) is 53.8 Å². The molecule has 7 heteroatoms. The highest BCUT2D eigenvalue weighted by molar-refractivity contribution is 5.99. The van der Waals surface area contributed by atoms with Crippen LogP contribution >= 0.6 is 0 Å². The summed E-state index contributed by atoms with van der Waals surface area (Å²) in [5.41, 5.74) is 3.83. The van der Waals surface area contributed by atoms with Crippen LogP contribution in [0.15, 0.2) is 47.6 Å². The molecular formula is C17H15FN2O4. The number of hydrogen-bond acceptors (Lipinski definition) is 5. The van der Waals surface area contributed by atoms with E-state index in [1.54, 1.807) is 19.1 Å². The minimum absolute atomic E-state index is 0.201. The van der Waals surface area contributed by atoms with Crippen molar-refractivity contribution in [2.45, 2.75) is 6.92 Å². The number of nitrogens with one attached hydrogen (secondary N) is 1. The molecule has 0 bridgehead atoms. The molecule has 1 heterocycles. The van der Waals surface area contributed by atoms with Gasteiger partial charge in [-0.2, -0.15) is 5.10 Å². The van der Waals surface area contributed by atoms with Crippen LogP contribution in [0.5, 0.6) is 17.2 Å². The molecule has 0 atom stereocenters. The van der Waals surface area contributed by atoms with Crippen molar-refractivity contribution >= 4 is 11.6 Å². The third-order valence-corrected chi connectivity index (χ3v) is 3.32. The molecule has 1 aliphatic heterocycles. The average molecular weight is 330 g/mol. The van der Waals surface area contributed by atoms with E-state index in [0.29, 0.717) is 23.0 Å². The monoisotopic (exact) mass is 330 g/mol. The summed E-state index contributed by atoms with van der Waals surface area (Å²) in [6, 6.07) is 10.8.